The fraction of sp³-hybridized carbons (Fsp3) is 0.308. The number of nitrogens with one attached hydrogen (secondary N) is 1. The Morgan fingerprint density at radius 2 is 1.76 bits per heavy atom. The number of aromatic amines is 1. The van der Waals surface area contributed by atoms with Crippen molar-refractivity contribution in [2.75, 3.05) is 13.2 Å². The van der Waals surface area contributed by atoms with Gasteiger partial charge in [0, 0.05) is 31.8 Å². The molecule has 0 saturated carbocycles. The van der Waals surface area contributed by atoms with Crippen LogP contribution in [0.3, 0.4) is 0 Å². The van der Waals surface area contributed by atoms with Gasteiger partial charge in [-0.25, -0.2) is 4.79 Å². The summed E-state index contributed by atoms with van der Waals surface area (Å²) in [6, 6.07) is 21.1. The Morgan fingerprint density at radius 1 is 1.06 bits per heavy atom. The molecule has 3 aromatic rings. The molecule has 1 saturated heterocycles. The van der Waals surface area contributed by atoms with Crippen molar-refractivity contribution in [1.29, 1.82) is 0 Å². The number of hydrogen-bond acceptors (Lipinski definition) is 4. The quantitative estimate of drug-likeness (QED) is 0.239. The van der Waals surface area contributed by atoms with Crippen LogP contribution in [0, 0.1) is 0 Å². The first-order valence-corrected chi connectivity index (χ1v) is 12.1. The van der Waals surface area contributed by atoms with E-state index in [1.807, 2.05) is 61.5 Å². The van der Waals surface area contributed by atoms with Crippen molar-refractivity contribution in [3.8, 4) is 11.1 Å². The molecular weight excluding hydrogens is 531 g/mol. The molecule has 2 heterocycles. The lowest BCUT2D eigenvalue weighted by atomic mass is 9.84. The van der Waals surface area contributed by atoms with Crippen LogP contribution in [0.2, 0.25) is 0 Å². The lowest BCUT2D eigenvalue weighted by Crippen LogP contribution is -2.53. The average molecular weight is 558 g/mol. The minimum absolute atomic E-state index is 0.0570. The molecule has 0 spiro atoms. The zero-order valence-corrected chi connectivity index (χ0v) is 20.6. The number of halogens is 1. The van der Waals surface area contributed by atoms with Crippen LogP contribution in [0.5, 0.6) is 0 Å². The Morgan fingerprint density at radius 3 is 2.36 bits per heavy atom. The van der Waals surface area contributed by atoms with E-state index in [1.54, 1.807) is 17.2 Å². The maximum Gasteiger partial charge on any atom is 0.412 e. The van der Waals surface area contributed by atoms with Gasteiger partial charge in [-0.3, -0.25) is 9.69 Å². The largest absolute Gasteiger partial charge is 0.438 e. The third kappa shape index (κ3) is 4.84. The van der Waals surface area contributed by atoms with Crippen LogP contribution in [-0.4, -0.2) is 34.2 Å². The van der Waals surface area contributed by atoms with Gasteiger partial charge in [0.05, 0.1) is 0 Å². The Labute approximate surface area is 206 Å². The van der Waals surface area contributed by atoms with Crippen LogP contribution in [0.25, 0.3) is 11.1 Å². The molecule has 33 heavy (non-hydrogen) atoms. The summed E-state index contributed by atoms with van der Waals surface area (Å²) in [5, 5.41) is 9.40. The first-order chi connectivity index (χ1) is 15.9. The van der Waals surface area contributed by atoms with E-state index in [9.17, 15) is 14.7 Å². The number of carbonyl (C=O) groups is 1. The second kappa shape index (κ2) is 9.69. The molecule has 0 bridgehead atoms. The van der Waals surface area contributed by atoms with Crippen LogP contribution < -0.4 is 5.56 Å². The first kappa shape index (κ1) is 23.5. The molecule has 1 aromatic heterocycles. The maximum atomic E-state index is 13.3. The van der Waals surface area contributed by atoms with E-state index in [0.717, 1.165) is 22.3 Å². The number of nitrogens with zero attached hydrogens (tertiary/aromatic N) is 1. The van der Waals surface area contributed by atoms with Crippen LogP contribution in [0.1, 0.15) is 37.3 Å². The molecule has 1 aliphatic rings. The van der Waals surface area contributed by atoms with E-state index in [-0.39, 0.29) is 18.3 Å². The number of hydrogen-bond donors (Lipinski definition) is 2. The molecule has 172 valence electrons. The molecule has 1 unspecified atom stereocenters. The predicted octanol–water partition coefficient (Wildman–Crippen LogP) is 5.16. The van der Waals surface area contributed by atoms with Crippen molar-refractivity contribution in [2.24, 2.45) is 0 Å². The summed E-state index contributed by atoms with van der Waals surface area (Å²) in [5.74, 6) is 0. The molecule has 1 aliphatic heterocycles. The summed E-state index contributed by atoms with van der Waals surface area (Å²) in [7, 11) is 0. The Hall–Kier alpha value is -2.65. The van der Waals surface area contributed by atoms with Crippen molar-refractivity contribution in [3.05, 3.63) is 94.4 Å². The SMILES string of the molecule is C[C@](I)(c1ccc(-c2ccc(=O)[nH]c2)cc1)N1CCC(CCCO)(c2ccccc2)OC1=O. The Balaban J connectivity index is 1.56. The lowest BCUT2D eigenvalue weighted by Gasteiger charge is -2.46. The second-order valence-electron chi connectivity index (χ2n) is 8.43. The van der Waals surface area contributed by atoms with E-state index < -0.39 is 9.15 Å². The van der Waals surface area contributed by atoms with Crippen LogP contribution >= 0.6 is 22.6 Å². The lowest BCUT2D eigenvalue weighted by molar-refractivity contribution is -0.0698. The standard InChI is InChI=1S/C26H27IN2O4/c1-25(27,21-11-8-19(9-12-21)20-10-13-23(31)28-18-20)29-16-15-26(14-5-17-30,33-24(29)32)22-6-3-2-4-7-22/h2-4,6-13,18,30H,5,14-17H2,1H3,(H,28,31)/t25-,26?/m1/s1. The van der Waals surface area contributed by atoms with Gasteiger partial charge in [-0.05, 0) is 70.7 Å². The van der Waals surface area contributed by atoms with Crippen molar-refractivity contribution >= 4 is 28.7 Å². The number of H-pyrrole nitrogens is 1. The van der Waals surface area contributed by atoms with E-state index in [1.165, 1.54) is 6.07 Å². The van der Waals surface area contributed by atoms with Gasteiger partial charge in [0.1, 0.15) is 9.15 Å². The monoisotopic (exact) mass is 558 g/mol. The number of carbonyl (C=O) groups excluding carboxylic acids is 1. The van der Waals surface area contributed by atoms with Gasteiger partial charge in [-0.2, -0.15) is 0 Å². The highest BCUT2D eigenvalue weighted by molar-refractivity contribution is 14.1. The van der Waals surface area contributed by atoms with Gasteiger partial charge in [-0.1, -0.05) is 54.6 Å². The molecule has 1 fully saturated rings. The highest BCUT2D eigenvalue weighted by Gasteiger charge is 2.46. The van der Waals surface area contributed by atoms with Crippen molar-refractivity contribution in [1.82, 2.24) is 9.88 Å². The first-order valence-electron chi connectivity index (χ1n) is 11.0. The topological polar surface area (TPSA) is 82.6 Å². The second-order valence-corrected chi connectivity index (χ2v) is 10.5. The van der Waals surface area contributed by atoms with E-state index in [4.69, 9.17) is 4.74 Å². The molecule has 2 atom stereocenters. The number of cyclic esters (lactones) is 1. The van der Waals surface area contributed by atoms with Gasteiger partial charge < -0.3 is 14.8 Å². The Bertz CT molecular complexity index is 1140. The van der Waals surface area contributed by atoms with Crippen molar-refractivity contribution < 1.29 is 14.6 Å². The summed E-state index contributed by atoms with van der Waals surface area (Å²) >= 11 is 2.30. The molecule has 7 heteroatoms. The number of pyridine rings is 1. The van der Waals surface area contributed by atoms with Crippen LogP contribution in [0.4, 0.5) is 4.79 Å². The molecule has 4 rings (SSSR count). The highest BCUT2D eigenvalue weighted by Crippen LogP contribution is 2.44. The number of rotatable bonds is 7. The number of benzene rings is 2. The minimum atomic E-state index is -0.724. The number of aliphatic hydroxyl groups is 1. The molecule has 0 radical (unpaired) electrons. The van der Waals surface area contributed by atoms with Gasteiger partial charge in [0.25, 0.3) is 0 Å². The zero-order chi connectivity index (χ0) is 23.5. The van der Waals surface area contributed by atoms with Gasteiger partial charge >= 0.3 is 6.09 Å². The van der Waals surface area contributed by atoms with Crippen molar-refractivity contribution in [2.45, 2.75) is 35.3 Å². The Kier molecular flexibility index (Phi) is 6.90. The van der Waals surface area contributed by atoms with Crippen molar-refractivity contribution in [3.63, 3.8) is 0 Å². The number of aromatic nitrogens is 1. The van der Waals surface area contributed by atoms with Gasteiger partial charge in [-0.15, -0.1) is 0 Å². The molecule has 6 nitrogen and oxygen atoms in total. The number of ether oxygens (including phenoxy) is 1. The summed E-state index contributed by atoms with van der Waals surface area (Å²) < 4.78 is 5.53. The van der Waals surface area contributed by atoms with Gasteiger partial charge in [0.15, 0.2) is 0 Å². The third-order valence-electron chi connectivity index (χ3n) is 6.32. The fourth-order valence-electron chi connectivity index (χ4n) is 4.38. The zero-order valence-electron chi connectivity index (χ0n) is 18.5. The molecule has 2 aromatic carbocycles. The van der Waals surface area contributed by atoms with Crippen LogP contribution in [0.15, 0.2) is 77.7 Å². The number of amides is 1. The minimum Gasteiger partial charge on any atom is -0.438 e. The maximum absolute atomic E-state index is 13.3. The number of aliphatic hydroxyl groups excluding tert-OH is 1. The molecule has 2 N–H and O–H groups in total. The van der Waals surface area contributed by atoms with E-state index in [2.05, 4.69) is 27.6 Å². The normalized spacial score (nSPS) is 20.2. The smallest absolute Gasteiger partial charge is 0.412 e. The fourth-order valence-corrected chi connectivity index (χ4v) is 5.18. The molecule has 0 aliphatic carbocycles. The summed E-state index contributed by atoms with van der Waals surface area (Å²) in [4.78, 5) is 29.1. The van der Waals surface area contributed by atoms with Crippen LogP contribution in [-0.2, 0) is 13.9 Å². The van der Waals surface area contributed by atoms with E-state index in [0.29, 0.717) is 25.8 Å². The molecule has 1 amide bonds. The summed E-state index contributed by atoms with van der Waals surface area (Å²) in [6.07, 6.45) is 3.13. The number of alkyl halides is 1. The third-order valence-corrected chi connectivity index (χ3v) is 7.52. The van der Waals surface area contributed by atoms with E-state index >= 15 is 0 Å². The average Bonchev–Trinajstić information content (AvgIpc) is 2.84. The predicted molar refractivity (Wildman–Crippen MR) is 136 cm³/mol. The molecular formula is C26H27IN2O4. The summed E-state index contributed by atoms with van der Waals surface area (Å²) in [6.45, 7) is 2.61. The van der Waals surface area contributed by atoms with Gasteiger partial charge in [0.2, 0.25) is 5.56 Å². The summed E-state index contributed by atoms with van der Waals surface area (Å²) in [5.41, 5.74) is 2.99. The highest BCUT2D eigenvalue weighted by atomic mass is 127.